The zero-order valence-electron chi connectivity index (χ0n) is 13.8. The SMILES string of the molecule is COc1ccc(CCCNC(=O)N(C)Cc2csc(C)n2)cc1. The van der Waals surface area contributed by atoms with Crippen LogP contribution < -0.4 is 10.1 Å². The van der Waals surface area contributed by atoms with E-state index in [-0.39, 0.29) is 6.03 Å². The van der Waals surface area contributed by atoms with E-state index in [1.165, 1.54) is 5.56 Å². The molecule has 1 aromatic heterocycles. The van der Waals surface area contributed by atoms with Crippen molar-refractivity contribution in [2.24, 2.45) is 0 Å². The van der Waals surface area contributed by atoms with Gasteiger partial charge in [-0.1, -0.05) is 12.1 Å². The van der Waals surface area contributed by atoms with Crippen molar-refractivity contribution in [2.75, 3.05) is 20.7 Å². The summed E-state index contributed by atoms with van der Waals surface area (Å²) in [5.41, 5.74) is 2.18. The predicted molar refractivity (Wildman–Crippen MR) is 93.0 cm³/mol. The summed E-state index contributed by atoms with van der Waals surface area (Å²) in [7, 11) is 3.45. The van der Waals surface area contributed by atoms with Gasteiger partial charge in [0.1, 0.15) is 5.75 Å². The number of ether oxygens (including phenoxy) is 1. The minimum atomic E-state index is -0.0645. The molecule has 0 aliphatic rings. The fourth-order valence-electron chi connectivity index (χ4n) is 2.21. The molecule has 2 rings (SSSR count). The third kappa shape index (κ3) is 5.56. The largest absolute Gasteiger partial charge is 0.497 e. The first kappa shape index (κ1) is 17.3. The van der Waals surface area contributed by atoms with Gasteiger partial charge in [-0.2, -0.15) is 0 Å². The van der Waals surface area contributed by atoms with Crippen LogP contribution in [0.25, 0.3) is 0 Å². The molecule has 23 heavy (non-hydrogen) atoms. The van der Waals surface area contributed by atoms with Crippen LogP contribution in [0.5, 0.6) is 5.75 Å². The second-order valence-corrected chi connectivity index (χ2v) is 6.46. The highest BCUT2D eigenvalue weighted by molar-refractivity contribution is 7.09. The lowest BCUT2D eigenvalue weighted by Crippen LogP contribution is -2.37. The van der Waals surface area contributed by atoms with Crippen molar-refractivity contribution < 1.29 is 9.53 Å². The van der Waals surface area contributed by atoms with Crippen LogP contribution in [-0.4, -0.2) is 36.6 Å². The number of benzene rings is 1. The maximum atomic E-state index is 12.0. The molecule has 0 saturated carbocycles. The van der Waals surface area contributed by atoms with E-state index in [4.69, 9.17) is 4.74 Å². The highest BCUT2D eigenvalue weighted by Crippen LogP contribution is 2.12. The normalized spacial score (nSPS) is 10.4. The van der Waals surface area contributed by atoms with Crippen LogP contribution in [0.2, 0.25) is 0 Å². The van der Waals surface area contributed by atoms with Crippen molar-refractivity contribution in [3.63, 3.8) is 0 Å². The molecule has 124 valence electrons. The lowest BCUT2D eigenvalue weighted by atomic mass is 10.1. The minimum Gasteiger partial charge on any atom is -0.497 e. The summed E-state index contributed by atoms with van der Waals surface area (Å²) in [5, 5.41) is 5.95. The zero-order chi connectivity index (χ0) is 16.7. The molecule has 0 aliphatic carbocycles. The highest BCUT2D eigenvalue weighted by atomic mass is 32.1. The smallest absolute Gasteiger partial charge is 0.317 e. The summed E-state index contributed by atoms with van der Waals surface area (Å²) in [6.45, 7) is 3.16. The number of carbonyl (C=O) groups excluding carboxylic acids is 1. The van der Waals surface area contributed by atoms with Gasteiger partial charge in [0.05, 0.1) is 24.4 Å². The Balaban J connectivity index is 1.67. The molecular formula is C17H23N3O2S. The van der Waals surface area contributed by atoms with Gasteiger partial charge in [-0.15, -0.1) is 11.3 Å². The standard InChI is InChI=1S/C17H23N3O2S/c1-13-19-15(12-23-13)11-20(2)17(21)18-10-4-5-14-6-8-16(22-3)9-7-14/h6-9,12H,4-5,10-11H2,1-3H3,(H,18,21). The molecule has 1 heterocycles. The van der Waals surface area contributed by atoms with Gasteiger partial charge >= 0.3 is 6.03 Å². The number of aromatic nitrogens is 1. The summed E-state index contributed by atoms with van der Waals surface area (Å²) >= 11 is 1.60. The molecule has 0 atom stereocenters. The lowest BCUT2D eigenvalue weighted by Gasteiger charge is -2.16. The molecule has 0 unspecified atom stereocenters. The first-order valence-corrected chi connectivity index (χ1v) is 8.49. The number of aryl methyl sites for hydroxylation is 2. The molecule has 2 amide bonds. The fourth-order valence-corrected chi connectivity index (χ4v) is 2.81. The molecule has 6 heteroatoms. The number of rotatable bonds is 7. The molecule has 5 nitrogen and oxygen atoms in total. The number of nitrogens with one attached hydrogen (secondary N) is 1. The van der Waals surface area contributed by atoms with Crippen molar-refractivity contribution >= 4 is 17.4 Å². The molecule has 1 N–H and O–H groups in total. The van der Waals surface area contributed by atoms with Gasteiger partial charge in [-0.05, 0) is 37.5 Å². The van der Waals surface area contributed by atoms with Crippen LogP contribution in [0, 0.1) is 6.92 Å². The maximum Gasteiger partial charge on any atom is 0.317 e. The van der Waals surface area contributed by atoms with Crippen LogP contribution in [0.15, 0.2) is 29.6 Å². The summed E-state index contributed by atoms with van der Waals surface area (Å²) in [5.74, 6) is 0.862. The number of carbonyl (C=O) groups is 1. The van der Waals surface area contributed by atoms with Crippen LogP contribution in [-0.2, 0) is 13.0 Å². The Hall–Kier alpha value is -2.08. The number of hydrogen-bond acceptors (Lipinski definition) is 4. The summed E-state index contributed by atoms with van der Waals surface area (Å²) in [4.78, 5) is 18.0. The van der Waals surface area contributed by atoms with Gasteiger partial charge in [-0.3, -0.25) is 0 Å². The van der Waals surface area contributed by atoms with Crippen LogP contribution in [0.4, 0.5) is 4.79 Å². The van der Waals surface area contributed by atoms with E-state index in [1.54, 1.807) is 30.4 Å². The summed E-state index contributed by atoms with van der Waals surface area (Å²) in [6, 6.07) is 7.95. The lowest BCUT2D eigenvalue weighted by molar-refractivity contribution is 0.206. The van der Waals surface area contributed by atoms with Gasteiger partial charge in [0.2, 0.25) is 0 Å². The van der Waals surface area contributed by atoms with E-state index in [2.05, 4.69) is 22.4 Å². The zero-order valence-corrected chi connectivity index (χ0v) is 14.7. The number of methoxy groups -OCH3 is 1. The number of urea groups is 1. The van der Waals surface area contributed by atoms with Gasteiger partial charge in [0.25, 0.3) is 0 Å². The van der Waals surface area contributed by atoms with E-state index in [0.717, 1.165) is 29.3 Å². The molecular weight excluding hydrogens is 310 g/mol. The molecule has 0 bridgehead atoms. The molecule has 0 spiro atoms. The molecule has 0 fully saturated rings. The van der Waals surface area contributed by atoms with E-state index in [1.807, 2.05) is 24.4 Å². The number of hydrogen-bond donors (Lipinski definition) is 1. The quantitative estimate of drug-likeness (QED) is 0.792. The van der Waals surface area contributed by atoms with Gasteiger partial charge in [0, 0.05) is 19.0 Å². The Bertz CT molecular complexity index is 625. The third-order valence-electron chi connectivity index (χ3n) is 3.49. The second-order valence-electron chi connectivity index (χ2n) is 5.40. The van der Waals surface area contributed by atoms with Crippen molar-refractivity contribution in [3.8, 4) is 5.75 Å². The average Bonchev–Trinajstić information content (AvgIpc) is 2.96. The average molecular weight is 333 g/mol. The first-order valence-electron chi connectivity index (χ1n) is 7.61. The monoisotopic (exact) mass is 333 g/mol. The van der Waals surface area contributed by atoms with Gasteiger partial charge in [-0.25, -0.2) is 9.78 Å². The molecule has 0 radical (unpaired) electrons. The molecule has 2 aromatic rings. The van der Waals surface area contributed by atoms with Crippen molar-refractivity contribution in [3.05, 3.63) is 45.9 Å². The Morgan fingerprint density at radius 3 is 2.70 bits per heavy atom. The number of amides is 2. The fraction of sp³-hybridized carbons (Fsp3) is 0.412. The Labute approximate surface area is 141 Å². The van der Waals surface area contributed by atoms with Crippen molar-refractivity contribution in [2.45, 2.75) is 26.3 Å². The molecule has 0 aliphatic heterocycles. The van der Waals surface area contributed by atoms with E-state index in [0.29, 0.717) is 13.1 Å². The third-order valence-corrected chi connectivity index (χ3v) is 4.31. The topological polar surface area (TPSA) is 54.5 Å². The number of nitrogens with zero attached hydrogens (tertiary/aromatic N) is 2. The van der Waals surface area contributed by atoms with E-state index < -0.39 is 0 Å². The van der Waals surface area contributed by atoms with Crippen LogP contribution in [0.3, 0.4) is 0 Å². The minimum absolute atomic E-state index is 0.0645. The molecule has 1 aromatic carbocycles. The highest BCUT2D eigenvalue weighted by Gasteiger charge is 2.09. The van der Waals surface area contributed by atoms with Crippen LogP contribution in [0.1, 0.15) is 22.7 Å². The Morgan fingerprint density at radius 2 is 2.09 bits per heavy atom. The summed E-state index contributed by atoms with van der Waals surface area (Å²) < 4.78 is 5.14. The molecule has 0 saturated heterocycles. The second kappa shape index (κ2) is 8.53. The summed E-state index contributed by atoms with van der Waals surface area (Å²) in [6.07, 6.45) is 1.83. The Morgan fingerprint density at radius 1 is 1.35 bits per heavy atom. The van der Waals surface area contributed by atoms with Gasteiger partial charge in [0.15, 0.2) is 0 Å². The van der Waals surface area contributed by atoms with Crippen molar-refractivity contribution in [1.82, 2.24) is 15.2 Å². The first-order chi connectivity index (χ1) is 11.1. The predicted octanol–water partition coefficient (Wildman–Crippen LogP) is 3.23. The van der Waals surface area contributed by atoms with Crippen LogP contribution >= 0.6 is 11.3 Å². The number of thiazole rings is 1. The Kier molecular flexibility index (Phi) is 6.40. The van der Waals surface area contributed by atoms with Gasteiger partial charge < -0.3 is 15.0 Å². The van der Waals surface area contributed by atoms with E-state index in [9.17, 15) is 4.79 Å². The van der Waals surface area contributed by atoms with E-state index >= 15 is 0 Å². The maximum absolute atomic E-state index is 12.0. The van der Waals surface area contributed by atoms with Crippen molar-refractivity contribution in [1.29, 1.82) is 0 Å².